The summed E-state index contributed by atoms with van der Waals surface area (Å²) in [5, 5.41) is 18.0. The van der Waals surface area contributed by atoms with E-state index in [2.05, 4.69) is 15.4 Å². The highest BCUT2D eigenvalue weighted by Crippen LogP contribution is 2.17. The zero-order chi connectivity index (χ0) is 15.5. The minimum absolute atomic E-state index is 0.0339. The van der Waals surface area contributed by atoms with Crippen molar-refractivity contribution in [3.05, 3.63) is 63.3 Å². The minimum Gasteiger partial charge on any atom is -0.362 e. The van der Waals surface area contributed by atoms with E-state index in [1.807, 2.05) is 0 Å². The molecule has 0 amide bonds. The summed E-state index contributed by atoms with van der Waals surface area (Å²) in [6, 6.07) is 6.72. The third kappa shape index (κ3) is 2.51. The van der Waals surface area contributed by atoms with E-state index in [1.165, 1.54) is 6.20 Å². The number of hydrogen-bond acceptors (Lipinski definition) is 6. The molecule has 0 spiro atoms. The van der Waals surface area contributed by atoms with Gasteiger partial charge < -0.3 is 5.32 Å². The molecule has 3 aromatic heterocycles. The SMILES string of the molecule is O=c1c([N+](=O)[O-])c(NCCn2cccn2)nc2ccccn12. The van der Waals surface area contributed by atoms with Crippen molar-refractivity contribution in [2.24, 2.45) is 0 Å². The Bertz CT molecular complexity index is 871. The lowest BCUT2D eigenvalue weighted by Crippen LogP contribution is -2.22. The monoisotopic (exact) mass is 300 g/mol. The molecule has 1 N–H and O–H groups in total. The van der Waals surface area contributed by atoms with E-state index in [0.717, 1.165) is 4.40 Å². The molecule has 0 aromatic carbocycles. The maximum atomic E-state index is 12.2. The lowest BCUT2D eigenvalue weighted by Gasteiger charge is -2.08. The maximum absolute atomic E-state index is 12.2. The third-order valence-corrected chi connectivity index (χ3v) is 3.09. The molecule has 0 saturated heterocycles. The van der Waals surface area contributed by atoms with E-state index in [9.17, 15) is 14.9 Å². The zero-order valence-electron chi connectivity index (χ0n) is 11.4. The molecule has 112 valence electrons. The van der Waals surface area contributed by atoms with Gasteiger partial charge in [-0.1, -0.05) is 6.07 Å². The highest BCUT2D eigenvalue weighted by atomic mass is 16.6. The van der Waals surface area contributed by atoms with Crippen LogP contribution in [0.2, 0.25) is 0 Å². The van der Waals surface area contributed by atoms with Gasteiger partial charge in [-0.15, -0.1) is 0 Å². The first kappa shape index (κ1) is 13.7. The topological polar surface area (TPSA) is 107 Å². The van der Waals surface area contributed by atoms with Gasteiger partial charge in [0.2, 0.25) is 5.82 Å². The number of fused-ring (bicyclic) bond motifs is 1. The molecule has 0 saturated carbocycles. The van der Waals surface area contributed by atoms with Crippen LogP contribution in [0, 0.1) is 10.1 Å². The summed E-state index contributed by atoms with van der Waals surface area (Å²) in [5.74, 6) is -0.0339. The molecule has 3 rings (SSSR count). The van der Waals surface area contributed by atoms with Crippen molar-refractivity contribution in [3.8, 4) is 0 Å². The molecule has 22 heavy (non-hydrogen) atoms. The van der Waals surface area contributed by atoms with Gasteiger partial charge in [0.05, 0.1) is 11.5 Å². The first-order valence-corrected chi connectivity index (χ1v) is 6.54. The Labute approximate surface area is 124 Å². The van der Waals surface area contributed by atoms with Crippen molar-refractivity contribution in [1.29, 1.82) is 0 Å². The molecule has 0 aliphatic carbocycles. The van der Waals surface area contributed by atoms with Crippen molar-refractivity contribution in [1.82, 2.24) is 19.2 Å². The number of nitrogens with zero attached hydrogens (tertiary/aromatic N) is 5. The first-order valence-electron chi connectivity index (χ1n) is 6.54. The number of anilines is 1. The molecular formula is C13H12N6O3. The third-order valence-electron chi connectivity index (χ3n) is 3.09. The summed E-state index contributed by atoms with van der Waals surface area (Å²) in [6.45, 7) is 0.859. The van der Waals surface area contributed by atoms with Gasteiger partial charge in [-0.05, 0) is 18.2 Å². The lowest BCUT2D eigenvalue weighted by atomic mass is 10.4. The Kier molecular flexibility index (Phi) is 3.52. The van der Waals surface area contributed by atoms with Gasteiger partial charge in [-0.2, -0.15) is 5.10 Å². The van der Waals surface area contributed by atoms with Crippen LogP contribution >= 0.6 is 0 Å². The van der Waals surface area contributed by atoms with E-state index >= 15 is 0 Å². The largest absolute Gasteiger partial charge is 0.376 e. The Balaban J connectivity index is 1.95. The quantitative estimate of drug-likeness (QED) is 0.554. The molecule has 0 atom stereocenters. The van der Waals surface area contributed by atoms with Gasteiger partial charge in [-0.3, -0.25) is 24.0 Å². The van der Waals surface area contributed by atoms with Gasteiger partial charge in [0.1, 0.15) is 5.65 Å². The summed E-state index contributed by atoms with van der Waals surface area (Å²) >= 11 is 0. The van der Waals surface area contributed by atoms with E-state index in [0.29, 0.717) is 18.7 Å². The summed E-state index contributed by atoms with van der Waals surface area (Å²) in [6.07, 6.45) is 4.87. The van der Waals surface area contributed by atoms with Gasteiger partial charge in [0.25, 0.3) is 0 Å². The van der Waals surface area contributed by atoms with Crippen molar-refractivity contribution in [2.75, 3.05) is 11.9 Å². The van der Waals surface area contributed by atoms with Gasteiger partial charge in [-0.25, -0.2) is 4.98 Å². The summed E-state index contributed by atoms with van der Waals surface area (Å²) in [5.41, 5.74) is -0.930. The van der Waals surface area contributed by atoms with E-state index in [-0.39, 0.29) is 5.82 Å². The second kappa shape index (κ2) is 5.64. The Morgan fingerprint density at radius 3 is 2.86 bits per heavy atom. The molecule has 0 fully saturated rings. The first-order chi connectivity index (χ1) is 10.7. The number of nitro groups is 1. The van der Waals surface area contributed by atoms with Crippen LogP contribution in [0.15, 0.2) is 47.7 Å². The average molecular weight is 300 g/mol. The normalized spacial score (nSPS) is 10.7. The van der Waals surface area contributed by atoms with E-state index in [4.69, 9.17) is 0 Å². The standard InChI is InChI=1S/C13H12N6O3/c20-13-11(19(21)22)12(14-6-9-17-7-3-5-15-17)16-10-4-1-2-8-18(10)13/h1-5,7-8,14H,6,9H2. The predicted molar refractivity (Wildman–Crippen MR) is 78.8 cm³/mol. The van der Waals surface area contributed by atoms with Crippen LogP contribution in [0.1, 0.15) is 0 Å². The van der Waals surface area contributed by atoms with Crippen molar-refractivity contribution >= 4 is 17.2 Å². The number of hydrogen-bond donors (Lipinski definition) is 1. The van der Waals surface area contributed by atoms with Gasteiger partial charge in [0, 0.05) is 25.1 Å². The fraction of sp³-hybridized carbons (Fsp3) is 0.154. The molecule has 9 nitrogen and oxygen atoms in total. The molecule has 0 aliphatic heterocycles. The molecule has 0 aliphatic rings. The Morgan fingerprint density at radius 1 is 1.27 bits per heavy atom. The van der Waals surface area contributed by atoms with E-state index in [1.54, 1.807) is 41.3 Å². The van der Waals surface area contributed by atoms with E-state index < -0.39 is 16.2 Å². The molecule has 3 aromatic rings. The minimum atomic E-state index is -0.717. The van der Waals surface area contributed by atoms with Crippen LogP contribution in [0.5, 0.6) is 0 Å². The predicted octanol–water partition coefficient (Wildman–Crippen LogP) is 0.911. The fourth-order valence-corrected chi connectivity index (χ4v) is 2.09. The summed E-state index contributed by atoms with van der Waals surface area (Å²) < 4.78 is 2.82. The zero-order valence-corrected chi connectivity index (χ0v) is 11.4. The molecule has 0 bridgehead atoms. The fourth-order valence-electron chi connectivity index (χ4n) is 2.09. The molecule has 9 heteroatoms. The molecule has 3 heterocycles. The van der Waals surface area contributed by atoms with Crippen molar-refractivity contribution in [2.45, 2.75) is 6.54 Å². The van der Waals surface area contributed by atoms with Crippen molar-refractivity contribution in [3.63, 3.8) is 0 Å². The lowest BCUT2D eigenvalue weighted by molar-refractivity contribution is -0.385. The number of nitrogens with one attached hydrogen (secondary N) is 1. The highest BCUT2D eigenvalue weighted by molar-refractivity contribution is 5.59. The summed E-state index contributed by atoms with van der Waals surface area (Å²) in [4.78, 5) is 26.8. The number of aromatic nitrogens is 4. The van der Waals surface area contributed by atoms with Gasteiger partial charge >= 0.3 is 11.2 Å². The van der Waals surface area contributed by atoms with Crippen LogP contribution in [0.3, 0.4) is 0 Å². The van der Waals surface area contributed by atoms with Crippen molar-refractivity contribution < 1.29 is 4.92 Å². The maximum Gasteiger partial charge on any atom is 0.376 e. The van der Waals surface area contributed by atoms with Crippen LogP contribution in [-0.4, -0.2) is 30.6 Å². The smallest absolute Gasteiger partial charge is 0.362 e. The summed E-state index contributed by atoms with van der Waals surface area (Å²) in [7, 11) is 0. The highest BCUT2D eigenvalue weighted by Gasteiger charge is 2.23. The molecular weight excluding hydrogens is 288 g/mol. The van der Waals surface area contributed by atoms with Crippen LogP contribution in [0.25, 0.3) is 5.65 Å². The van der Waals surface area contributed by atoms with Crippen LogP contribution < -0.4 is 10.9 Å². The van der Waals surface area contributed by atoms with Crippen LogP contribution in [0.4, 0.5) is 11.5 Å². The van der Waals surface area contributed by atoms with Gasteiger partial charge in [0.15, 0.2) is 0 Å². The second-order valence-electron chi connectivity index (χ2n) is 4.50. The number of pyridine rings is 1. The second-order valence-corrected chi connectivity index (χ2v) is 4.50. The molecule has 0 unspecified atom stereocenters. The Morgan fingerprint density at radius 2 is 2.14 bits per heavy atom. The van der Waals surface area contributed by atoms with Crippen LogP contribution in [-0.2, 0) is 6.54 Å². The molecule has 0 radical (unpaired) electrons. The Hall–Kier alpha value is -3.23. The number of rotatable bonds is 5. The average Bonchev–Trinajstić information content (AvgIpc) is 3.00.